The van der Waals surface area contributed by atoms with E-state index in [4.69, 9.17) is 5.73 Å². The van der Waals surface area contributed by atoms with Gasteiger partial charge in [0.2, 0.25) is 5.91 Å². The molecule has 3 N–H and O–H groups in total. The molecule has 2 aromatic rings. The zero-order chi connectivity index (χ0) is 18.8. The number of nitrogens with one attached hydrogen (secondary N) is 1. The van der Waals surface area contributed by atoms with Gasteiger partial charge in [0.05, 0.1) is 12.1 Å². The average molecular weight is 379 g/mol. The molecule has 0 aliphatic heterocycles. The molecule has 26 heavy (non-hydrogen) atoms. The van der Waals surface area contributed by atoms with Crippen molar-refractivity contribution in [2.24, 2.45) is 5.73 Å². The molecule has 2 amide bonds. The summed E-state index contributed by atoms with van der Waals surface area (Å²) in [5, 5.41) is 3.21. The molecule has 0 unspecified atom stereocenters. The highest BCUT2D eigenvalue weighted by molar-refractivity contribution is 7.17. The van der Waals surface area contributed by atoms with Crippen LogP contribution in [-0.4, -0.2) is 25.4 Å². The predicted molar refractivity (Wildman–Crippen MR) is 97.7 cm³/mol. The Bertz CT molecular complexity index is 866. The van der Waals surface area contributed by atoms with Crippen molar-refractivity contribution < 1.29 is 18.4 Å². The van der Waals surface area contributed by atoms with Crippen LogP contribution in [0.2, 0.25) is 0 Å². The summed E-state index contributed by atoms with van der Waals surface area (Å²) in [5.74, 6) is -2.83. The van der Waals surface area contributed by atoms with Crippen molar-refractivity contribution in [3.8, 4) is 0 Å². The summed E-state index contributed by atoms with van der Waals surface area (Å²) < 4.78 is 26.4. The monoisotopic (exact) mass is 379 g/mol. The lowest BCUT2D eigenvalue weighted by Gasteiger charge is -2.18. The maximum atomic E-state index is 13.3. The number of anilines is 2. The van der Waals surface area contributed by atoms with E-state index in [1.165, 1.54) is 22.3 Å². The molecule has 0 bridgehead atoms. The highest BCUT2D eigenvalue weighted by Crippen LogP contribution is 2.37. The molecule has 0 fully saturated rings. The van der Waals surface area contributed by atoms with E-state index in [0.29, 0.717) is 16.3 Å². The van der Waals surface area contributed by atoms with E-state index in [-0.39, 0.29) is 12.5 Å². The third-order valence-corrected chi connectivity index (χ3v) is 5.60. The molecule has 5 nitrogen and oxygen atoms in total. The quantitative estimate of drug-likeness (QED) is 0.838. The van der Waals surface area contributed by atoms with E-state index in [1.54, 1.807) is 7.05 Å². The van der Waals surface area contributed by atoms with Crippen molar-refractivity contribution in [2.75, 3.05) is 23.8 Å². The Morgan fingerprint density at radius 1 is 1.23 bits per heavy atom. The summed E-state index contributed by atoms with van der Waals surface area (Å²) in [6.07, 6.45) is 3.72. The third kappa shape index (κ3) is 3.70. The third-order valence-electron chi connectivity index (χ3n) is 4.40. The molecule has 1 aliphatic rings. The molecule has 0 atom stereocenters. The lowest BCUT2D eigenvalue weighted by Crippen LogP contribution is -2.30. The average Bonchev–Trinajstić information content (AvgIpc) is 2.94. The minimum Gasteiger partial charge on any atom is -0.365 e. The van der Waals surface area contributed by atoms with Crippen LogP contribution in [0.15, 0.2) is 18.2 Å². The molecule has 3 rings (SSSR count). The lowest BCUT2D eigenvalue weighted by atomic mass is 9.95. The summed E-state index contributed by atoms with van der Waals surface area (Å²) >= 11 is 1.39. The number of carbonyl (C=O) groups excluding carboxylic acids is 2. The number of thiophene rings is 1. The maximum absolute atomic E-state index is 13.3. The molecule has 1 aromatic heterocycles. The minimum absolute atomic E-state index is 0.0775. The summed E-state index contributed by atoms with van der Waals surface area (Å²) in [6.45, 7) is -0.0775. The van der Waals surface area contributed by atoms with Gasteiger partial charge in [-0.25, -0.2) is 8.78 Å². The van der Waals surface area contributed by atoms with E-state index in [9.17, 15) is 18.4 Å². The molecule has 138 valence electrons. The number of fused-ring (bicyclic) bond motifs is 1. The summed E-state index contributed by atoms with van der Waals surface area (Å²) in [4.78, 5) is 26.8. The van der Waals surface area contributed by atoms with Crippen molar-refractivity contribution in [1.29, 1.82) is 0 Å². The van der Waals surface area contributed by atoms with Crippen LogP contribution in [-0.2, 0) is 17.6 Å². The van der Waals surface area contributed by atoms with Crippen LogP contribution < -0.4 is 16.0 Å². The molecule has 8 heteroatoms. The number of hydrogen-bond donors (Lipinski definition) is 2. The number of halogens is 2. The molecular weight excluding hydrogens is 360 g/mol. The fraction of sp³-hybridized carbons (Fsp3) is 0.333. The van der Waals surface area contributed by atoms with Gasteiger partial charge in [0.25, 0.3) is 5.91 Å². The number of nitrogens with zero attached hydrogens (tertiary/aromatic N) is 1. The van der Waals surface area contributed by atoms with Crippen LogP contribution in [0, 0.1) is 11.6 Å². The second kappa shape index (κ2) is 7.41. The van der Waals surface area contributed by atoms with Gasteiger partial charge in [-0.2, -0.15) is 0 Å². The first-order valence-electron chi connectivity index (χ1n) is 8.27. The Kier molecular flexibility index (Phi) is 5.22. The fourth-order valence-electron chi connectivity index (χ4n) is 3.11. The Hall–Kier alpha value is -2.48. The summed E-state index contributed by atoms with van der Waals surface area (Å²) in [6, 6.07) is 3.43. The van der Waals surface area contributed by atoms with E-state index in [0.717, 1.165) is 48.3 Å². The molecule has 0 spiro atoms. The van der Waals surface area contributed by atoms with Crippen LogP contribution >= 0.6 is 11.3 Å². The standard InChI is InChI=1S/C18H19F2N3O2S/c1-23(10-6-7-12(19)13(20)8-10)9-15(24)22-18-16(17(21)25)11-4-2-3-5-14(11)26-18/h6-8H,2-5,9H2,1H3,(H2,21,25)(H,22,24). The van der Waals surface area contributed by atoms with Crippen LogP contribution in [0.5, 0.6) is 0 Å². The number of primary amides is 1. The van der Waals surface area contributed by atoms with Crippen molar-refractivity contribution >= 4 is 33.8 Å². The van der Waals surface area contributed by atoms with E-state index in [1.807, 2.05) is 0 Å². The predicted octanol–water partition coefficient (Wildman–Crippen LogP) is 3.08. The Labute approximate surface area is 153 Å². The van der Waals surface area contributed by atoms with Gasteiger partial charge in [-0.1, -0.05) is 0 Å². The van der Waals surface area contributed by atoms with Crippen LogP contribution in [0.1, 0.15) is 33.6 Å². The molecule has 0 saturated heterocycles. The number of likely N-dealkylation sites (N-methyl/N-ethyl adjacent to an activating group) is 1. The zero-order valence-corrected chi connectivity index (χ0v) is 15.1. The molecule has 1 aliphatic carbocycles. The zero-order valence-electron chi connectivity index (χ0n) is 14.3. The summed E-state index contributed by atoms with van der Waals surface area (Å²) in [7, 11) is 1.60. The Morgan fingerprint density at radius 3 is 2.65 bits per heavy atom. The number of benzene rings is 1. The van der Waals surface area contributed by atoms with Gasteiger partial charge < -0.3 is 16.0 Å². The van der Waals surface area contributed by atoms with E-state index in [2.05, 4.69) is 5.32 Å². The second-order valence-corrected chi connectivity index (χ2v) is 7.39. The second-order valence-electron chi connectivity index (χ2n) is 6.28. The van der Waals surface area contributed by atoms with Gasteiger partial charge in [0.15, 0.2) is 11.6 Å². The number of carbonyl (C=O) groups is 2. The first-order valence-corrected chi connectivity index (χ1v) is 9.09. The van der Waals surface area contributed by atoms with Crippen LogP contribution in [0.25, 0.3) is 0 Å². The minimum atomic E-state index is -0.975. The Balaban J connectivity index is 1.74. The van der Waals surface area contributed by atoms with Crippen LogP contribution in [0.3, 0.4) is 0 Å². The first-order chi connectivity index (χ1) is 12.4. The molecule has 1 heterocycles. The topological polar surface area (TPSA) is 75.4 Å². The van der Waals surface area contributed by atoms with Gasteiger partial charge in [0, 0.05) is 23.7 Å². The van der Waals surface area contributed by atoms with Gasteiger partial charge in [-0.15, -0.1) is 11.3 Å². The summed E-state index contributed by atoms with van der Waals surface area (Å²) in [5.41, 5.74) is 7.22. The van der Waals surface area contributed by atoms with Gasteiger partial charge in [0.1, 0.15) is 5.00 Å². The number of hydrogen-bond acceptors (Lipinski definition) is 4. The van der Waals surface area contributed by atoms with Gasteiger partial charge in [-0.05, 0) is 43.4 Å². The number of amides is 2. The number of nitrogens with two attached hydrogens (primary N) is 1. The largest absolute Gasteiger partial charge is 0.365 e. The normalized spacial score (nSPS) is 13.2. The maximum Gasteiger partial charge on any atom is 0.251 e. The molecular formula is C18H19F2N3O2S. The Morgan fingerprint density at radius 2 is 1.96 bits per heavy atom. The van der Waals surface area contributed by atoms with E-state index < -0.39 is 17.5 Å². The van der Waals surface area contributed by atoms with Gasteiger partial charge >= 0.3 is 0 Å². The highest BCUT2D eigenvalue weighted by Gasteiger charge is 2.25. The molecule has 0 radical (unpaired) electrons. The number of aryl methyl sites for hydroxylation is 1. The van der Waals surface area contributed by atoms with E-state index >= 15 is 0 Å². The van der Waals surface area contributed by atoms with Crippen molar-refractivity contribution in [1.82, 2.24) is 0 Å². The smallest absolute Gasteiger partial charge is 0.251 e. The highest BCUT2D eigenvalue weighted by atomic mass is 32.1. The fourth-order valence-corrected chi connectivity index (χ4v) is 4.42. The molecule has 0 saturated carbocycles. The van der Waals surface area contributed by atoms with Crippen molar-refractivity contribution in [3.05, 3.63) is 45.8 Å². The first kappa shape index (κ1) is 18.3. The SMILES string of the molecule is CN(CC(=O)Nc1sc2c(c1C(N)=O)CCCC2)c1ccc(F)c(F)c1. The van der Waals surface area contributed by atoms with Gasteiger partial charge in [-0.3, -0.25) is 9.59 Å². The van der Waals surface area contributed by atoms with Crippen molar-refractivity contribution in [2.45, 2.75) is 25.7 Å². The van der Waals surface area contributed by atoms with Crippen molar-refractivity contribution in [3.63, 3.8) is 0 Å². The van der Waals surface area contributed by atoms with Crippen LogP contribution in [0.4, 0.5) is 19.5 Å². The number of rotatable bonds is 5. The lowest BCUT2D eigenvalue weighted by molar-refractivity contribution is -0.114. The molecule has 1 aromatic carbocycles.